The topological polar surface area (TPSA) is 49.6 Å². The molecule has 0 bridgehead atoms. The zero-order valence-electron chi connectivity index (χ0n) is 17.5. The van der Waals surface area contributed by atoms with Crippen molar-refractivity contribution in [1.29, 1.82) is 0 Å². The number of benzene rings is 1. The lowest BCUT2D eigenvalue weighted by molar-refractivity contribution is -0.132. The first-order valence-electron chi connectivity index (χ1n) is 10.4. The Morgan fingerprint density at radius 1 is 1.21 bits per heavy atom. The number of aryl methyl sites for hydroxylation is 1. The van der Waals surface area contributed by atoms with Crippen LogP contribution in [0, 0.1) is 6.92 Å². The molecule has 2 aromatic heterocycles. The Labute approximate surface area is 172 Å². The molecule has 0 radical (unpaired) electrons. The van der Waals surface area contributed by atoms with E-state index in [1.165, 1.54) is 16.7 Å². The van der Waals surface area contributed by atoms with Crippen molar-refractivity contribution in [2.24, 2.45) is 0 Å². The first-order valence-corrected chi connectivity index (χ1v) is 10.4. The van der Waals surface area contributed by atoms with Gasteiger partial charge >= 0.3 is 0 Å². The Bertz CT molecular complexity index is 986. The average molecular weight is 392 g/mol. The highest BCUT2D eigenvalue weighted by molar-refractivity contribution is 5.88. The van der Waals surface area contributed by atoms with Gasteiger partial charge in [0.15, 0.2) is 0 Å². The molecule has 1 fully saturated rings. The highest BCUT2D eigenvalue weighted by Crippen LogP contribution is 2.29. The van der Waals surface area contributed by atoms with E-state index in [2.05, 4.69) is 48.9 Å². The Balaban J connectivity index is 1.39. The minimum absolute atomic E-state index is 0.181. The SMILES string of the molecule is Cc1cc2occ(CC(=O)N3CCN(Cc4cccnc4)CC3)c2cc1C(C)C. The zero-order chi connectivity index (χ0) is 20.4. The van der Waals surface area contributed by atoms with Gasteiger partial charge in [-0.05, 0) is 47.7 Å². The molecule has 5 heteroatoms. The lowest BCUT2D eigenvalue weighted by Crippen LogP contribution is -2.48. The van der Waals surface area contributed by atoms with Crippen molar-refractivity contribution in [1.82, 2.24) is 14.8 Å². The summed E-state index contributed by atoms with van der Waals surface area (Å²) >= 11 is 0. The third-order valence-electron chi connectivity index (χ3n) is 5.86. The number of rotatable bonds is 5. The molecule has 1 aromatic carbocycles. The van der Waals surface area contributed by atoms with Crippen molar-refractivity contribution in [2.75, 3.05) is 26.2 Å². The summed E-state index contributed by atoms with van der Waals surface area (Å²) in [4.78, 5) is 21.5. The number of amides is 1. The summed E-state index contributed by atoms with van der Waals surface area (Å²) in [5.41, 5.74) is 5.63. The van der Waals surface area contributed by atoms with Crippen molar-refractivity contribution in [2.45, 2.75) is 39.7 Å². The van der Waals surface area contributed by atoms with E-state index in [1.54, 1.807) is 12.5 Å². The second-order valence-corrected chi connectivity index (χ2v) is 8.32. The number of carbonyl (C=O) groups excluding carboxylic acids is 1. The minimum Gasteiger partial charge on any atom is -0.464 e. The fourth-order valence-corrected chi connectivity index (χ4v) is 4.18. The highest BCUT2D eigenvalue weighted by Gasteiger charge is 2.22. The molecule has 0 N–H and O–H groups in total. The summed E-state index contributed by atoms with van der Waals surface area (Å²) in [5, 5.41) is 1.07. The summed E-state index contributed by atoms with van der Waals surface area (Å²) in [6.45, 7) is 10.7. The van der Waals surface area contributed by atoms with E-state index in [-0.39, 0.29) is 5.91 Å². The van der Waals surface area contributed by atoms with Gasteiger partial charge in [-0.2, -0.15) is 0 Å². The minimum atomic E-state index is 0.181. The molecule has 3 aromatic rings. The van der Waals surface area contributed by atoms with Crippen LogP contribution < -0.4 is 0 Å². The molecule has 1 aliphatic rings. The maximum Gasteiger partial charge on any atom is 0.227 e. The van der Waals surface area contributed by atoms with Gasteiger partial charge in [0.2, 0.25) is 5.91 Å². The smallest absolute Gasteiger partial charge is 0.227 e. The summed E-state index contributed by atoms with van der Waals surface area (Å²) in [6, 6.07) is 8.36. The second-order valence-electron chi connectivity index (χ2n) is 8.32. The van der Waals surface area contributed by atoms with Crippen molar-refractivity contribution >= 4 is 16.9 Å². The van der Waals surface area contributed by atoms with Crippen molar-refractivity contribution < 1.29 is 9.21 Å². The van der Waals surface area contributed by atoms with Gasteiger partial charge in [0, 0.05) is 56.1 Å². The lowest BCUT2D eigenvalue weighted by Gasteiger charge is -2.34. The van der Waals surface area contributed by atoms with Crippen LogP contribution in [-0.4, -0.2) is 46.9 Å². The van der Waals surface area contributed by atoms with E-state index in [1.807, 2.05) is 17.2 Å². The van der Waals surface area contributed by atoms with Gasteiger partial charge in [0.25, 0.3) is 0 Å². The molecular weight excluding hydrogens is 362 g/mol. The first kappa shape index (κ1) is 19.6. The van der Waals surface area contributed by atoms with E-state index in [9.17, 15) is 4.79 Å². The zero-order valence-corrected chi connectivity index (χ0v) is 17.5. The molecule has 0 atom stereocenters. The lowest BCUT2D eigenvalue weighted by atomic mass is 9.95. The first-order chi connectivity index (χ1) is 14.0. The van der Waals surface area contributed by atoms with Crippen LogP contribution in [0.5, 0.6) is 0 Å². The van der Waals surface area contributed by atoms with Gasteiger partial charge in [-0.1, -0.05) is 19.9 Å². The molecule has 3 heterocycles. The number of furan rings is 1. The Kier molecular flexibility index (Phi) is 5.67. The summed E-state index contributed by atoms with van der Waals surface area (Å²) < 4.78 is 5.75. The van der Waals surface area contributed by atoms with E-state index >= 15 is 0 Å². The quantitative estimate of drug-likeness (QED) is 0.656. The molecular formula is C24H29N3O2. The van der Waals surface area contributed by atoms with Gasteiger partial charge in [-0.3, -0.25) is 14.7 Å². The summed E-state index contributed by atoms with van der Waals surface area (Å²) in [5.74, 6) is 0.631. The van der Waals surface area contributed by atoms with E-state index < -0.39 is 0 Å². The van der Waals surface area contributed by atoms with Crippen LogP contribution in [0.3, 0.4) is 0 Å². The molecule has 1 aliphatic heterocycles. The fourth-order valence-electron chi connectivity index (χ4n) is 4.18. The monoisotopic (exact) mass is 391 g/mol. The average Bonchev–Trinajstić information content (AvgIpc) is 3.10. The van der Waals surface area contributed by atoms with Crippen LogP contribution in [0.1, 0.15) is 42.0 Å². The van der Waals surface area contributed by atoms with Crippen LogP contribution >= 0.6 is 0 Å². The van der Waals surface area contributed by atoms with E-state index in [0.29, 0.717) is 12.3 Å². The van der Waals surface area contributed by atoms with Crippen molar-refractivity contribution in [3.05, 3.63) is 65.2 Å². The van der Waals surface area contributed by atoms with Gasteiger partial charge in [0.05, 0.1) is 12.7 Å². The number of aromatic nitrogens is 1. The molecule has 152 valence electrons. The maximum absolute atomic E-state index is 12.9. The Hall–Kier alpha value is -2.66. The third kappa shape index (κ3) is 4.35. The molecule has 0 unspecified atom stereocenters. The van der Waals surface area contributed by atoms with Gasteiger partial charge < -0.3 is 9.32 Å². The van der Waals surface area contributed by atoms with Gasteiger partial charge in [-0.15, -0.1) is 0 Å². The number of nitrogens with zero attached hydrogens (tertiary/aromatic N) is 3. The molecule has 0 aliphatic carbocycles. The van der Waals surface area contributed by atoms with Crippen LogP contribution in [-0.2, 0) is 17.8 Å². The number of pyridine rings is 1. The van der Waals surface area contributed by atoms with Crippen molar-refractivity contribution in [3.63, 3.8) is 0 Å². The highest BCUT2D eigenvalue weighted by atomic mass is 16.3. The molecule has 4 rings (SSSR count). The molecule has 1 saturated heterocycles. The normalized spacial score (nSPS) is 15.4. The van der Waals surface area contributed by atoms with Crippen LogP contribution in [0.4, 0.5) is 0 Å². The number of fused-ring (bicyclic) bond motifs is 1. The summed E-state index contributed by atoms with van der Waals surface area (Å²) in [6.07, 6.45) is 5.86. The Morgan fingerprint density at radius 3 is 2.69 bits per heavy atom. The third-order valence-corrected chi connectivity index (χ3v) is 5.86. The van der Waals surface area contributed by atoms with Gasteiger partial charge in [-0.25, -0.2) is 0 Å². The number of piperazine rings is 1. The van der Waals surface area contributed by atoms with E-state index in [4.69, 9.17) is 4.42 Å². The predicted molar refractivity (Wildman–Crippen MR) is 115 cm³/mol. The predicted octanol–water partition coefficient (Wildman–Crippen LogP) is 4.15. The molecule has 5 nitrogen and oxygen atoms in total. The van der Waals surface area contributed by atoms with Crippen LogP contribution in [0.2, 0.25) is 0 Å². The Morgan fingerprint density at radius 2 is 2.00 bits per heavy atom. The number of hydrogen-bond acceptors (Lipinski definition) is 4. The maximum atomic E-state index is 12.9. The standard InChI is InChI=1S/C24H29N3O2/c1-17(2)21-13-22-20(16-29-23(22)11-18(21)3)12-24(28)27-9-7-26(8-10-27)15-19-5-4-6-25-14-19/h4-6,11,13-14,16-17H,7-10,12,15H2,1-3H3. The fraction of sp³-hybridized carbons (Fsp3) is 0.417. The number of hydrogen-bond donors (Lipinski definition) is 0. The molecule has 1 amide bonds. The van der Waals surface area contributed by atoms with Crippen molar-refractivity contribution in [3.8, 4) is 0 Å². The van der Waals surface area contributed by atoms with Crippen LogP contribution in [0.25, 0.3) is 11.0 Å². The van der Waals surface area contributed by atoms with Gasteiger partial charge in [0.1, 0.15) is 5.58 Å². The van der Waals surface area contributed by atoms with E-state index in [0.717, 1.165) is 49.3 Å². The molecule has 0 saturated carbocycles. The largest absolute Gasteiger partial charge is 0.464 e. The molecule has 0 spiro atoms. The number of carbonyl (C=O) groups is 1. The molecule has 29 heavy (non-hydrogen) atoms. The summed E-state index contributed by atoms with van der Waals surface area (Å²) in [7, 11) is 0. The second kappa shape index (κ2) is 8.37. The van der Waals surface area contributed by atoms with Crippen LogP contribution in [0.15, 0.2) is 47.3 Å².